The molecule has 1 fully saturated rings. The van der Waals surface area contributed by atoms with E-state index in [2.05, 4.69) is 30.5 Å². The molecule has 0 heterocycles. The van der Waals surface area contributed by atoms with Gasteiger partial charge in [0.25, 0.3) is 0 Å². The summed E-state index contributed by atoms with van der Waals surface area (Å²) in [5, 5.41) is 8.36. The average molecular weight is 231 g/mol. The summed E-state index contributed by atoms with van der Waals surface area (Å²) in [5.41, 5.74) is 0. The minimum atomic E-state index is -0.907. The molecule has 0 aliphatic heterocycles. The molecule has 0 bridgehead atoms. The van der Waals surface area contributed by atoms with E-state index >= 15 is 0 Å². The lowest BCUT2D eigenvalue weighted by molar-refractivity contribution is -0.146. The van der Waals surface area contributed by atoms with Crippen LogP contribution in [0.4, 0.5) is 0 Å². The Labute approximate surface area is 96.4 Å². The highest BCUT2D eigenvalue weighted by atomic mass is 16.5. The van der Waals surface area contributed by atoms with Gasteiger partial charge in [-0.15, -0.1) is 0 Å². The number of hydrogen-bond donors (Lipinski definition) is 1. The monoisotopic (exact) mass is 231 g/mol. The molecule has 1 saturated carbocycles. The van der Waals surface area contributed by atoms with Crippen molar-refractivity contribution in [3.63, 3.8) is 0 Å². The van der Waals surface area contributed by atoms with Gasteiger partial charge in [-0.25, -0.2) is 0 Å². The first-order valence-corrected chi connectivity index (χ1v) is 5.47. The van der Waals surface area contributed by atoms with Gasteiger partial charge in [-0.05, 0) is 26.6 Å². The van der Waals surface area contributed by atoms with Crippen molar-refractivity contribution in [3.05, 3.63) is 0 Å². The maximum atomic E-state index is 10.6. The molecule has 2 atom stereocenters. The van der Waals surface area contributed by atoms with Gasteiger partial charge in [-0.1, -0.05) is 13.8 Å². The van der Waals surface area contributed by atoms with Gasteiger partial charge in [0.1, 0.15) is 0 Å². The highest BCUT2D eigenvalue weighted by Crippen LogP contribution is 2.39. The van der Waals surface area contributed by atoms with E-state index in [1.54, 1.807) is 0 Å². The van der Waals surface area contributed by atoms with Crippen LogP contribution in [0.3, 0.4) is 0 Å². The summed E-state index contributed by atoms with van der Waals surface area (Å²) in [6.45, 7) is 6.64. The summed E-state index contributed by atoms with van der Waals surface area (Å²) in [5.74, 6) is -2.20. The van der Waals surface area contributed by atoms with Crippen LogP contribution in [-0.4, -0.2) is 49.2 Å². The maximum absolute atomic E-state index is 10.6. The number of carboxylic acids is 1. The number of carbonyl (C=O) groups excluding carboxylic acids is 1. The minimum absolute atomic E-state index is 0.387. The Balaban J connectivity index is 0.000000325. The number of esters is 1. The fraction of sp³-hybridized carbons (Fsp3) is 0.818. The third-order valence-electron chi connectivity index (χ3n) is 2.69. The number of hydrogen-bond acceptors (Lipinski definition) is 4. The summed E-state index contributed by atoms with van der Waals surface area (Å²) in [6, 6.07) is 0. The number of carboxylic acid groups (broad SMARTS) is 1. The van der Waals surface area contributed by atoms with Gasteiger partial charge >= 0.3 is 11.9 Å². The molecule has 1 aliphatic carbocycles. The van der Waals surface area contributed by atoms with Gasteiger partial charge in [0.15, 0.2) is 0 Å². The van der Waals surface area contributed by atoms with Crippen LogP contribution in [0.1, 0.15) is 20.3 Å². The molecule has 1 aliphatic rings. The Morgan fingerprint density at radius 3 is 2.00 bits per heavy atom. The first-order chi connectivity index (χ1) is 7.47. The molecule has 94 valence electrons. The second-order valence-corrected chi connectivity index (χ2v) is 3.80. The molecule has 1 rings (SSSR count). The molecule has 0 aromatic heterocycles. The molecule has 0 unspecified atom stereocenters. The van der Waals surface area contributed by atoms with E-state index in [1.165, 1.54) is 7.11 Å². The molecule has 0 radical (unpaired) electrons. The van der Waals surface area contributed by atoms with Crippen molar-refractivity contribution < 1.29 is 19.4 Å². The first-order valence-electron chi connectivity index (χ1n) is 5.47. The van der Waals surface area contributed by atoms with Gasteiger partial charge in [0.05, 0.1) is 18.9 Å². The summed E-state index contributed by atoms with van der Waals surface area (Å²) in [7, 11) is 3.37. The molecule has 0 spiro atoms. The topological polar surface area (TPSA) is 66.8 Å². The second kappa shape index (κ2) is 7.22. The van der Waals surface area contributed by atoms with E-state index in [-0.39, 0.29) is 5.92 Å². The van der Waals surface area contributed by atoms with Gasteiger partial charge in [0, 0.05) is 0 Å². The van der Waals surface area contributed by atoms with Gasteiger partial charge in [0.2, 0.25) is 0 Å². The van der Waals surface area contributed by atoms with Crippen LogP contribution in [-0.2, 0) is 14.3 Å². The zero-order valence-electron chi connectivity index (χ0n) is 10.4. The van der Waals surface area contributed by atoms with Crippen LogP contribution in [0.2, 0.25) is 0 Å². The van der Waals surface area contributed by atoms with Gasteiger partial charge in [-0.3, -0.25) is 9.59 Å². The number of methoxy groups -OCH3 is 1. The van der Waals surface area contributed by atoms with E-state index in [0.29, 0.717) is 6.42 Å². The van der Waals surface area contributed by atoms with Crippen LogP contribution >= 0.6 is 0 Å². The predicted molar refractivity (Wildman–Crippen MR) is 60.1 cm³/mol. The third-order valence-corrected chi connectivity index (χ3v) is 2.69. The zero-order valence-corrected chi connectivity index (χ0v) is 10.4. The molecular weight excluding hydrogens is 210 g/mol. The van der Waals surface area contributed by atoms with Gasteiger partial charge in [-0.2, -0.15) is 0 Å². The summed E-state index contributed by atoms with van der Waals surface area (Å²) in [6.07, 6.45) is 0.433. The summed E-state index contributed by atoms with van der Waals surface area (Å²) >= 11 is 0. The SMILES string of the molecule is CCN(C)CC.COC(=O)[C@@H]1C[C@H]1C(=O)O. The van der Waals surface area contributed by atoms with Crippen LogP contribution in [0.5, 0.6) is 0 Å². The first kappa shape index (κ1) is 14.9. The number of carbonyl (C=O) groups is 2. The lowest BCUT2D eigenvalue weighted by atomic mass is 10.3. The van der Waals surface area contributed by atoms with Crippen molar-refractivity contribution in [3.8, 4) is 0 Å². The van der Waals surface area contributed by atoms with E-state index in [1.807, 2.05) is 0 Å². The Morgan fingerprint density at radius 1 is 1.31 bits per heavy atom. The second-order valence-electron chi connectivity index (χ2n) is 3.80. The van der Waals surface area contributed by atoms with E-state index < -0.39 is 17.9 Å². The van der Waals surface area contributed by atoms with E-state index in [9.17, 15) is 9.59 Å². The number of rotatable bonds is 4. The summed E-state index contributed by atoms with van der Waals surface area (Å²) in [4.78, 5) is 23.0. The molecule has 5 nitrogen and oxygen atoms in total. The van der Waals surface area contributed by atoms with Crippen LogP contribution in [0.25, 0.3) is 0 Å². The predicted octanol–water partition coefficient (Wildman–Crippen LogP) is 0.838. The number of ether oxygens (including phenoxy) is 1. The third kappa shape index (κ3) is 5.11. The Kier molecular flexibility index (Phi) is 6.72. The molecule has 0 aromatic rings. The fourth-order valence-electron chi connectivity index (χ4n) is 1.10. The standard InChI is InChI=1S/C6H8O4.C5H13N/c1-10-6(9)4-2-3(4)5(7)8;1-4-6(3)5-2/h3-4H,2H2,1H3,(H,7,8);4-5H2,1-3H3/t3-,4-;/m1./s1. The number of aliphatic carboxylic acids is 1. The fourth-order valence-corrected chi connectivity index (χ4v) is 1.10. The van der Waals surface area contributed by atoms with E-state index in [0.717, 1.165) is 13.1 Å². The van der Waals surface area contributed by atoms with Crippen molar-refractivity contribution in [1.82, 2.24) is 4.90 Å². The normalized spacial score (nSPS) is 22.1. The lowest BCUT2D eigenvalue weighted by Gasteiger charge is -2.07. The van der Waals surface area contributed by atoms with Crippen molar-refractivity contribution >= 4 is 11.9 Å². The van der Waals surface area contributed by atoms with Crippen molar-refractivity contribution in [1.29, 1.82) is 0 Å². The smallest absolute Gasteiger partial charge is 0.309 e. The largest absolute Gasteiger partial charge is 0.481 e. The molecule has 0 amide bonds. The quantitative estimate of drug-likeness (QED) is 0.726. The lowest BCUT2D eigenvalue weighted by Crippen LogP contribution is -2.15. The molecule has 1 N–H and O–H groups in total. The highest BCUT2D eigenvalue weighted by Gasteiger charge is 2.49. The Morgan fingerprint density at radius 2 is 1.81 bits per heavy atom. The minimum Gasteiger partial charge on any atom is -0.481 e. The molecule has 16 heavy (non-hydrogen) atoms. The number of nitrogens with zero attached hydrogens (tertiary/aromatic N) is 1. The molecular formula is C11H21NO4. The van der Waals surface area contributed by atoms with Crippen molar-refractivity contribution in [2.75, 3.05) is 27.2 Å². The average Bonchev–Trinajstić information content (AvgIpc) is 3.07. The molecule has 5 heteroatoms. The van der Waals surface area contributed by atoms with Crippen LogP contribution in [0, 0.1) is 11.8 Å². The van der Waals surface area contributed by atoms with Crippen molar-refractivity contribution in [2.45, 2.75) is 20.3 Å². The highest BCUT2D eigenvalue weighted by molar-refractivity contribution is 5.86. The molecule has 0 saturated heterocycles. The van der Waals surface area contributed by atoms with Crippen LogP contribution in [0.15, 0.2) is 0 Å². The zero-order chi connectivity index (χ0) is 12.7. The molecule has 0 aromatic carbocycles. The van der Waals surface area contributed by atoms with Crippen LogP contribution < -0.4 is 0 Å². The van der Waals surface area contributed by atoms with Crippen molar-refractivity contribution in [2.24, 2.45) is 11.8 Å². The Bertz CT molecular complexity index is 238. The Hall–Kier alpha value is -1.10. The van der Waals surface area contributed by atoms with Gasteiger partial charge < -0.3 is 14.7 Å². The van der Waals surface area contributed by atoms with E-state index in [4.69, 9.17) is 5.11 Å². The maximum Gasteiger partial charge on any atom is 0.309 e. The summed E-state index contributed by atoms with van der Waals surface area (Å²) < 4.78 is 4.35.